The Morgan fingerprint density at radius 1 is 1.42 bits per heavy atom. The fourth-order valence-electron chi connectivity index (χ4n) is 4.16. The smallest absolute Gasteiger partial charge is 0.331 e. The number of fused-ring (bicyclic) bond motifs is 1. The normalized spacial score (nSPS) is 32.4. The van der Waals surface area contributed by atoms with Crippen LogP contribution in [0.2, 0.25) is 0 Å². The molecule has 0 aromatic carbocycles. The second kappa shape index (κ2) is 7.50. The van der Waals surface area contributed by atoms with Crippen molar-refractivity contribution in [2.24, 2.45) is 23.7 Å². The summed E-state index contributed by atoms with van der Waals surface area (Å²) in [5, 5.41) is 0. The molecular weight excluding hydrogens is 300 g/mol. The van der Waals surface area contributed by atoms with Gasteiger partial charge in [0.1, 0.15) is 6.10 Å². The minimum atomic E-state index is -0.294. The lowest BCUT2D eigenvalue weighted by molar-refractivity contribution is -0.143. The van der Waals surface area contributed by atoms with E-state index in [0.29, 0.717) is 18.3 Å². The van der Waals surface area contributed by atoms with Gasteiger partial charge in [-0.05, 0) is 61.5 Å². The lowest BCUT2D eigenvalue weighted by Gasteiger charge is -2.41. The summed E-state index contributed by atoms with van der Waals surface area (Å²) < 4.78 is 5.72. The van der Waals surface area contributed by atoms with Crippen molar-refractivity contribution >= 4 is 11.8 Å². The third kappa shape index (κ3) is 3.55. The Kier molecular flexibility index (Phi) is 5.84. The minimum Gasteiger partial charge on any atom is -0.455 e. The van der Waals surface area contributed by atoms with E-state index in [-0.39, 0.29) is 29.7 Å². The molecule has 2 aliphatic carbocycles. The number of esters is 1. The van der Waals surface area contributed by atoms with Crippen molar-refractivity contribution in [1.82, 2.24) is 0 Å². The quantitative estimate of drug-likeness (QED) is 0.428. The lowest BCUT2D eigenvalue weighted by atomic mass is 9.65. The average Bonchev–Trinajstić information content (AvgIpc) is 2.86. The molecule has 0 aromatic heterocycles. The number of ketones is 1. The summed E-state index contributed by atoms with van der Waals surface area (Å²) in [5.74, 6) is 1.05. The Morgan fingerprint density at radius 3 is 2.62 bits per heavy atom. The second-order valence-corrected chi connectivity index (χ2v) is 7.49. The summed E-state index contributed by atoms with van der Waals surface area (Å²) in [4.78, 5) is 24.5. The number of ether oxygens (including phenoxy) is 1. The van der Waals surface area contributed by atoms with Crippen molar-refractivity contribution in [2.75, 3.05) is 0 Å². The van der Waals surface area contributed by atoms with Crippen LogP contribution in [-0.4, -0.2) is 17.9 Å². The zero-order valence-corrected chi connectivity index (χ0v) is 15.6. The summed E-state index contributed by atoms with van der Waals surface area (Å²) >= 11 is 0. The number of Topliss-reactive ketones (excluding diaryl/α,β-unsaturated/α-hetero) is 1. The molecule has 24 heavy (non-hydrogen) atoms. The monoisotopic (exact) mass is 330 g/mol. The molecule has 0 radical (unpaired) electrons. The first-order valence-corrected chi connectivity index (χ1v) is 9.05. The Bertz CT molecular complexity index is 594. The Labute approximate surface area is 145 Å². The van der Waals surface area contributed by atoms with Gasteiger partial charge in [0.15, 0.2) is 5.78 Å². The molecule has 0 aliphatic heterocycles. The van der Waals surface area contributed by atoms with Crippen LogP contribution in [0.15, 0.2) is 35.5 Å². The fraction of sp³-hybridized carbons (Fsp3) is 0.619. The van der Waals surface area contributed by atoms with E-state index in [1.165, 1.54) is 0 Å². The molecule has 3 nitrogen and oxygen atoms in total. The van der Waals surface area contributed by atoms with Gasteiger partial charge in [-0.1, -0.05) is 39.0 Å². The van der Waals surface area contributed by atoms with Gasteiger partial charge < -0.3 is 4.74 Å². The van der Waals surface area contributed by atoms with Crippen molar-refractivity contribution in [1.29, 1.82) is 0 Å². The van der Waals surface area contributed by atoms with Crippen LogP contribution in [0.5, 0.6) is 0 Å². The van der Waals surface area contributed by atoms with E-state index in [1.807, 2.05) is 26.8 Å². The van der Waals surface area contributed by atoms with Crippen LogP contribution in [0.4, 0.5) is 0 Å². The van der Waals surface area contributed by atoms with Crippen LogP contribution in [0, 0.1) is 23.7 Å². The highest BCUT2D eigenvalue weighted by Gasteiger charge is 2.50. The predicted molar refractivity (Wildman–Crippen MR) is 96.4 cm³/mol. The first kappa shape index (κ1) is 18.7. The second-order valence-electron chi connectivity index (χ2n) is 7.49. The number of hydrogen-bond donors (Lipinski definition) is 0. The molecule has 0 N–H and O–H groups in total. The van der Waals surface area contributed by atoms with E-state index >= 15 is 0 Å². The highest BCUT2D eigenvalue weighted by atomic mass is 16.5. The molecule has 2 rings (SSSR count). The maximum absolute atomic E-state index is 12.4. The first-order chi connectivity index (χ1) is 11.3. The summed E-state index contributed by atoms with van der Waals surface area (Å²) in [6, 6.07) is 0. The topological polar surface area (TPSA) is 43.4 Å². The maximum atomic E-state index is 12.4. The molecule has 132 valence electrons. The van der Waals surface area contributed by atoms with Gasteiger partial charge in [0.2, 0.25) is 0 Å². The van der Waals surface area contributed by atoms with Gasteiger partial charge in [-0.25, -0.2) is 4.79 Å². The van der Waals surface area contributed by atoms with Crippen molar-refractivity contribution in [2.45, 2.75) is 60.0 Å². The summed E-state index contributed by atoms with van der Waals surface area (Å²) in [6.07, 6.45) is 5.35. The molecule has 0 spiro atoms. The number of allylic oxidation sites excluding steroid dienone is 3. The Hall–Kier alpha value is -1.64. The Balaban J connectivity index is 2.24. The SMILES string of the molecule is C=C1C(OC(=O)/C=C(\C)CC)CC(C(C)C)C2/C(=C/C)C(=O)CC12. The molecule has 2 saturated carbocycles. The standard InChI is InChI=1S/C21H30O3/c1-7-13(5)9-20(23)24-19-11-16(12(3)4)21-15(8-2)18(22)10-17(21)14(19)6/h8-9,12,16-17,19,21H,6-7,10-11H2,1-5H3/b13-9+,15-8+. The molecule has 0 aromatic rings. The van der Waals surface area contributed by atoms with Gasteiger partial charge in [0, 0.05) is 12.5 Å². The van der Waals surface area contributed by atoms with Crippen molar-refractivity contribution in [3.05, 3.63) is 35.5 Å². The summed E-state index contributed by atoms with van der Waals surface area (Å²) in [7, 11) is 0. The highest BCUT2D eigenvalue weighted by Crippen LogP contribution is 2.51. The number of carbonyl (C=O) groups excluding carboxylic acids is 2. The first-order valence-electron chi connectivity index (χ1n) is 9.05. The highest BCUT2D eigenvalue weighted by molar-refractivity contribution is 5.99. The molecule has 0 bridgehead atoms. The van der Waals surface area contributed by atoms with Gasteiger partial charge in [0.25, 0.3) is 0 Å². The van der Waals surface area contributed by atoms with Crippen LogP contribution >= 0.6 is 0 Å². The molecule has 4 unspecified atom stereocenters. The number of rotatable bonds is 4. The minimum absolute atomic E-state index is 0.110. The summed E-state index contributed by atoms with van der Waals surface area (Å²) in [6.45, 7) is 14.5. The van der Waals surface area contributed by atoms with Crippen LogP contribution < -0.4 is 0 Å². The largest absolute Gasteiger partial charge is 0.455 e. The molecule has 0 saturated heterocycles. The van der Waals surface area contributed by atoms with Crippen molar-refractivity contribution in [3.63, 3.8) is 0 Å². The van der Waals surface area contributed by atoms with Gasteiger partial charge in [-0.15, -0.1) is 0 Å². The molecular formula is C21H30O3. The van der Waals surface area contributed by atoms with E-state index in [4.69, 9.17) is 4.74 Å². The van der Waals surface area contributed by atoms with Crippen LogP contribution in [0.3, 0.4) is 0 Å². The molecule has 3 heteroatoms. The average molecular weight is 330 g/mol. The van der Waals surface area contributed by atoms with Gasteiger partial charge in [-0.2, -0.15) is 0 Å². The van der Waals surface area contributed by atoms with E-state index in [9.17, 15) is 9.59 Å². The third-order valence-electron chi connectivity index (χ3n) is 5.70. The summed E-state index contributed by atoms with van der Waals surface area (Å²) in [5.41, 5.74) is 2.87. The molecule has 2 aliphatic rings. The molecule has 2 fully saturated rings. The third-order valence-corrected chi connectivity index (χ3v) is 5.70. The van der Waals surface area contributed by atoms with Crippen LogP contribution in [0.1, 0.15) is 53.9 Å². The van der Waals surface area contributed by atoms with Crippen molar-refractivity contribution in [3.8, 4) is 0 Å². The zero-order chi connectivity index (χ0) is 18.0. The number of carbonyl (C=O) groups is 2. The lowest BCUT2D eigenvalue weighted by Crippen LogP contribution is -2.39. The molecule has 4 atom stereocenters. The zero-order valence-electron chi connectivity index (χ0n) is 15.6. The molecule has 0 heterocycles. The van der Waals surface area contributed by atoms with Crippen molar-refractivity contribution < 1.29 is 14.3 Å². The van der Waals surface area contributed by atoms with Crippen LogP contribution in [0.25, 0.3) is 0 Å². The maximum Gasteiger partial charge on any atom is 0.331 e. The predicted octanol–water partition coefficient (Wildman–Crippen LogP) is 4.64. The van der Waals surface area contributed by atoms with Crippen LogP contribution in [-0.2, 0) is 14.3 Å². The Morgan fingerprint density at radius 2 is 2.08 bits per heavy atom. The van der Waals surface area contributed by atoms with Gasteiger partial charge in [0.05, 0.1) is 0 Å². The van der Waals surface area contributed by atoms with E-state index in [1.54, 1.807) is 6.08 Å². The van der Waals surface area contributed by atoms with E-state index < -0.39 is 0 Å². The van der Waals surface area contributed by atoms with E-state index in [2.05, 4.69) is 20.4 Å². The van der Waals surface area contributed by atoms with Gasteiger partial charge >= 0.3 is 5.97 Å². The van der Waals surface area contributed by atoms with Gasteiger partial charge in [-0.3, -0.25) is 4.79 Å². The number of hydrogen-bond acceptors (Lipinski definition) is 3. The fourth-order valence-corrected chi connectivity index (χ4v) is 4.16. The molecule has 0 amide bonds. The van der Waals surface area contributed by atoms with E-state index in [0.717, 1.165) is 29.6 Å².